The van der Waals surface area contributed by atoms with Crippen molar-refractivity contribution < 1.29 is 9.53 Å². The fourth-order valence-corrected chi connectivity index (χ4v) is 1.53. The SMILES string of the molecule is CCOC(=O)C=Cc1ccc(C(C)Br)cc1. The summed E-state index contributed by atoms with van der Waals surface area (Å²) in [5.41, 5.74) is 2.21. The summed E-state index contributed by atoms with van der Waals surface area (Å²) in [5.74, 6) is -0.305. The van der Waals surface area contributed by atoms with Gasteiger partial charge in [-0.25, -0.2) is 4.79 Å². The zero-order chi connectivity index (χ0) is 12.0. The third-order valence-electron chi connectivity index (χ3n) is 2.09. The molecular weight excluding hydrogens is 268 g/mol. The van der Waals surface area contributed by atoms with E-state index in [4.69, 9.17) is 4.74 Å². The van der Waals surface area contributed by atoms with Gasteiger partial charge in [0.2, 0.25) is 0 Å². The van der Waals surface area contributed by atoms with Crippen molar-refractivity contribution in [3.8, 4) is 0 Å². The van der Waals surface area contributed by atoms with Crippen LogP contribution < -0.4 is 0 Å². The molecule has 1 aromatic rings. The van der Waals surface area contributed by atoms with Crippen LogP contribution in [-0.4, -0.2) is 12.6 Å². The molecule has 0 aliphatic rings. The van der Waals surface area contributed by atoms with E-state index in [1.165, 1.54) is 11.6 Å². The molecule has 1 aromatic carbocycles. The highest BCUT2D eigenvalue weighted by atomic mass is 79.9. The highest BCUT2D eigenvalue weighted by Crippen LogP contribution is 2.21. The van der Waals surface area contributed by atoms with E-state index in [2.05, 4.69) is 22.9 Å². The molecule has 0 saturated carbocycles. The van der Waals surface area contributed by atoms with E-state index < -0.39 is 0 Å². The van der Waals surface area contributed by atoms with Crippen molar-refractivity contribution in [1.29, 1.82) is 0 Å². The first-order valence-electron chi connectivity index (χ1n) is 5.22. The lowest BCUT2D eigenvalue weighted by Gasteiger charge is -2.03. The van der Waals surface area contributed by atoms with Gasteiger partial charge >= 0.3 is 5.97 Å². The maximum absolute atomic E-state index is 11.1. The first-order chi connectivity index (χ1) is 7.63. The summed E-state index contributed by atoms with van der Waals surface area (Å²) in [6.07, 6.45) is 3.19. The maximum Gasteiger partial charge on any atom is 0.330 e. The Kier molecular flexibility index (Phi) is 5.26. The second-order valence-corrected chi connectivity index (χ2v) is 4.74. The fraction of sp³-hybridized carbons (Fsp3) is 0.308. The van der Waals surface area contributed by atoms with Crippen molar-refractivity contribution in [3.63, 3.8) is 0 Å². The first kappa shape index (κ1) is 13.0. The van der Waals surface area contributed by atoms with E-state index in [0.29, 0.717) is 11.4 Å². The maximum atomic E-state index is 11.1. The molecule has 86 valence electrons. The van der Waals surface area contributed by atoms with Crippen LogP contribution in [0.3, 0.4) is 0 Å². The lowest BCUT2D eigenvalue weighted by Crippen LogP contribution is -1.98. The third kappa shape index (κ3) is 4.19. The summed E-state index contributed by atoms with van der Waals surface area (Å²) in [5, 5.41) is 0. The molecule has 0 aliphatic heterocycles. The summed E-state index contributed by atoms with van der Waals surface area (Å²) in [6.45, 7) is 4.27. The minimum Gasteiger partial charge on any atom is -0.463 e. The molecule has 0 aromatic heterocycles. The van der Waals surface area contributed by atoms with Crippen molar-refractivity contribution in [2.24, 2.45) is 0 Å². The second kappa shape index (κ2) is 6.48. The molecule has 0 heterocycles. The number of alkyl halides is 1. The summed E-state index contributed by atoms with van der Waals surface area (Å²) >= 11 is 3.50. The highest BCUT2D eigenvalue weighted by Gasteiger charge is 1.99. The van der Waals surface area contributed by atoms with Gasteiger partial charge in [-0.15, -0.1) is 0 Å². The second-order valence-electron chi connectivity index (χ2n) is 3.37. The molecule has 0 fully saturated rings. The minimum absolute atomic E-state index is 0.305. The van der Waals surface area contributed by atoms with Crippen molar-refractivity contribution in [2.45, 2.75) is 18.7 Å². The van der Waals surface area contributed by atoms with E-state index in [1.54, 1.807) is 13.0 Å². The molecule has 16 heavy (non-hydrogen) atoms. The predicted octanol–water partition coefficient (Wildman–Crippen LogP) is 3.72. The van der Waals surface area contributed by atoms with Gasteiger partial charge in [0.1, 0.15) is 0 Å². The number of hydrogen-bond acceptors (Lipinski definition) is 2. The highest BCUT2D eigenvalue weighted by molar-refractivity contribution is 9.09. The first-order valence-corrected chi connectivity index (χ1v) is 6.14. The molecule has 3 heteroatoms. The number of halogens is 1. The van der Waals surface area contributed by atoms with Crippen LogP contribution in [0.25, 0.3) is 6.08 Å². The number of hydrogen-bond donors (Lipinski definition) is 0. The van der Waals surface area contributed by atoms with Crippen LogP contribution in [-0.2, 0) is 9.53 Å². The zero-order valence-corrected chi connectivity index (χ0v) is 11.0. The third-order valence-corrected chi connectivity index (χ3v) is 2.62. The van der Waals surface area contributed by atoms with Gasteiger partial charge in [0.15, 0.2) is 0 Å². The van der Waals surface area contributed by atoms with E-state index in [-0.39, 0.29) is 5.97 Å². The zero-order valence-electron chi connectivity index (χ0n) is 9.44. The fourth-order valence-electron chi connectivity index (χ4n) is 1.23. The Morgan fingerprint density at radius 1 is 1.44 bits per heavy atom. The molecule has 1 rings (SSSR count). The van der Waals surface area contributed by atoms with Crippen LogP contribution in [0.1, 0.15) is 29.8 Å². The molecule has 0 bridgehead atoms. The Hall–Kier alpha value is -1.09. The largest absolute Gasteiger partial charge is 0.463 e. The van der Waals surface area contributed by atoms with Crippen molar-refractivity contribution >= 4 is 28.0 Å². The number of benzene rings is 1. The summed E-state index contributed by atoms with van der Waals surface area (Å²) in [4.78, 5) is 11.4. The number of rotatable bonds is 4. The lowest BCUT2D eigenvalue weighted by molar-refractivity contribution is -0.137. The van der Waals surface area contributed by atoms with Gasteiger partial charge in [0.25, 0.3) is 0 Å². The van der Waals surface area contributed by atoms with Crippen molar-refractivity contribution in [2.75, 3.05) is 6.61 Å². The van der Waals surface area contributed by atoms with Gasteiger partial charge in [-0.3, -0.25) is 0 Å². The van der Waals surface area contributed by atoms with E-state index >= 15 is 0 Å². The van der Waals surface area contributed by atoms with Crippen LogP contribution in [0.15, 0.2) is 30.3 Å². The van der Waals surface area contributed by atoms with Crippen LogP contribution in [0.4, 0.5) is 0 Å². The van der Waals surface area contributed by atoms with Gasteiger partial charge < -0.3 is 4.74 Å². The van der Waals surface area contributed by atoms with Crippen molar-refractivity contribution in [1.82, 2.24) is 0 Å². The number of ether oxygens (including phenoxy) is 1. The summed E-state index contributed by atoms with van der Waals surface area (Å²) < 4.78 is 4.79. The van der Waals surface area contributed by atoms with Gasteiger partial charge in [0, 0.05) is 10.9 Å². The number of carbonyl (C=O) groups is 1. The summed E-state index contributed by atoms with van der Waals surface area (Å²) in [6, 6.07) is 8.01. The van der Waals surface area contributed by atoms with Crippen LogP contribution in [0.5, 0.6) is 0 Å². The number of carbonyl (C=O) groups excluding carboxylic acids is 1. The standard InChI is InChI=1S/C13H15BrO2/c1-3-16-13(15)9-6-11-4-7-12(8-5-11)10(2)14/h4-10H,3H2,1-2H3. The Bertz CT molecular complexity index is 366. The molecule has 1 atom stereocenters. The normalized spacial score (nSPS) is 12.7. The van der Waals surface area contributed by atoms with Crippen molar-refractivity contribution in [3.05, 3.63) is 41.5 Å². The molecule has 0 N–H and O–H groups in total. The van der Waals surface area contributed by atoms with E-state index in [9.17, 15) is 4.79 Å². The van der Waals surface area contributed by atoms with Gasteiger partial charge in [-0.1, -0.05) is 40.2 Å². The van der Waals surface area contributed by atoms with Gasteiger partial charge in [0.05, 0.1) is 6.61 Å². The topological polar surface area (TPSA) is 26.3 Å². The van der Waals surface area contributed by atoms with Crippen LogP contribution in [0.2, 0.25) is 0 Å². The quantitative estimate of drug-likeness (QED) is 0.478. The molecule has 0 saturated heterocycles. The van der Waals surface area contributed by atoms with E-state index in [0.717, 1.165) is 5.56 Å². The Labute approximate surface area is 104 Å². The molecule has 0 spiro atoms. The van der Waals surface area contributed by atoms with Crippen LogP contribution >= 0.6 is 15.9 Å². The Morgan fingerprint density at radius 3 is 2.56 bits per heavy atom. The Balaban J connectivity index is 2.65. The molecule has 0 amide bonds. The molecular formula is C13H15BrO2. The lowest BCUT2D eigenvalue weighted by atomic mass is 10.1. The van der Waals surface area contributed by atoms with Gasteiger partial charge in [-0.2, -0.15) is 0 Å². The van der Waals surface area contributed by atoms with Crippen LogP contribution in [0, 0.1) is 0 Å². The molecule has 2 nitrogen and oxygen atoms in total. The van der Waals surface area contributed by atoms with E-state index in [1.807, 2.05) is 24.3 Å². The minimum atomic E-state index is -0.305. The summed E-state index contributed by atoms with van der Waals surface area (Å²) in [7, 11) is 0. The molecule has 0 radical (unpaired) electrons. The monoisotopic (exact) mass is 282 g/mol. The average Bonchev–Trinajstić information content (AvgIpc) is 2.27. The molecule has 1 unspecified atom stereocenters. The predicted molar refractivity (Wildman–Crippen MR) is 69.5 cm³/mol. The smallest absolute Gasteiger partial charge is 0.330 e. The molecule has 0 aliphatic carbocycles. The van der Waals surface area contributed by atoms with Gasteiger partial charge in [-0.05, 0) is 31.1 Å². The average molecular weight is 283 g/mol. The number of esters is 1. The Morgan fingerprint density at radius 2 is 2.06 bits per heavy atom.